The zero-order valence-corrected chi connectivity index (χ0v) is 35.9. The maximum absolute atomic E-state index is 14.5. The number of amides is 2. The van der Waals surface area contributed by atoms with Crippen LogP contribution in [-0.2, 0) is 21.4 Å². The first kappa shape index (κ1) is 40.7. The third kappa shape index (κ3) is 7.23. The van der Waals surface area contributed by atoms with Gasteiger partial charge in [0.15, 0.2) is 11.3 Å². The molecule has 1 N–H and O–H groups in total. The lowest BCUT2D eigenvalue weighted by atomic mass is 9.77. The van der Waals surface area contributed by atoms with Crippen LogP contribution in [0.4, 0.5) is 20.3 Å². The lowest BCUT2D eigenvalue weighted by molar-refractivity contribution is -0.135. The second-order valence-electron chi connectivity index (χ2n) is 18.4. The van der Waals surface area contributed by atoms with Gasteiger partial charge in [0.1, 0.15) is 23.2 Å². The number of anilines is 2. The van der Waals surface area contributed by atoms with Crippen molar-refractivity contribution in [1.82, 2.24) is 58.7 Å². The molecule has 1 aliphatic carbocycles. The number of hydrogen-bond acceptors (Lipinski definition) is 12. The van der Waals surface area contributed by atoms with Crippen molar-refractivity contribution in [3.8, 4) is 16.9 Å². The molecule has 4 saturated heterocycles. The SMILES string of the molecule is Cn1c(=O)n(C2CCC(=O)NC2=O)c2cccc(N3CCC4(CCN(CC5CCC(n6cc(-n7cc(-c8cnn9ccc(N%10CCOCC%10)nc89)nn7)c(C(F)F)n6)CC5)C4)CC3)c21. The summed E-state index contributed by atoms with van der Waals surface area (Å²) >= 11 is 0. The standard InChI is InChI=1S/C44H52F2N14O4/c1-53-39-32(3-2-4-33(39)60(43(53)63)34-9-10-37(61)49-42(34)62)55-17-13-44(14-18-55)12-16-54(27-44)24-28-5-7-29(8-6-28)58-26-35(38(51-58)40(45)46)59-25-31(50-52-59)30-23-47-57-15-11-36(48-41(30)57)56-19-21-64-22-20-56/h2-4,11,15,23,25-26,28-29,34,40H,5-10,12-14,16-22,24,27H2,1H3,(H,49,61,62). The van der Waals surface area contributed by atoms with Gasteiger partial charge in [0, 0.05) is 58.9 Å². The van der Waals surface area contributed by atoms with Crippen LogP contribution in [0.3, 0.4) is 0 Å². The molecule has 0 radical (unpaired) electrons. The van der Waals surface area contributed by atoms with Crippen molar-refractivity contribution in [1.29, 1.82) is 0 Å². The molecule has 6 aromatic rings. The van der Waals surface area contributed by atoms with Crippen LogP contribution in [0.2, 0.25) is 0 Å². The average Bonchev–Trinajstić information content (AvgIpc) is 4.16. The Morgan fingerprint density at radius 1 is 0.922 bits per heavy atom. The van der Waals surface area contributed by atoms with Crippen LogP contribution >= 0.6 is 0 Å². The third-order valence-electron chi connectivity index (χ3n) is 14.6. The number of aromatic nitrogens is 10. The molecular formula is C44H52F2N14O4. The molecule has 1 saturated carbocycles. The number of aryl methyl sites for hydroxylation is 1. The zero-order valence-electron chi connectivity index (χ0n) is 35.9. The smallest absolute Gasteiger partial charge is 0.329 e. The molecular weight excluding hydrogens is 827 g/mol. The first-order valence-electron chi connectivity index (χ1n) is 22.6. The quantitative estimate of drug-likeness (QED) is 0.205. The Hall–Kier alpha value is -6.02. The van der Waals surface area contributed by atoms with E-state index in [-0.39, 0.29) is 40.9 Å². The summed E-state index contributed by atoms with van der Waals surface area (Å²) in [5.41, 5.74) is 4.17. The lowest BCUT2D eigenvalue weighted by Crippen LogP contribution is -2.44. The van der Waals surface area contributed by atoms with Crippen molar-refractivity contribution in [2.45, 2.75) is 76.3 Å². The van der Waals surface area contributed by atoms with Crippen molar-refractivity contribution in [2.24, 2.45) is 18.4 Å². The number of hydrogen-bond donors (Lipinski definition) is 1. The van der Waals surface area contributed by atoms with Crippen LogP contribution in [0.25, 0.3) is 33.6 Å². The third-order valence-corrected chi connectivity index (χ3v) is 14.6. The number of nitrogens with zero attached hydrogens (tertiary/aromatic N) is 13. The summed E-state index contributed by atoms with van der Waals surface area (Å²) in [6.07, 6.45) is 11.6. The summed E-state index contributed by atoms with van der Waals surface area (Å²) < 4.78 is 42.5. The molecule has 1 unspecified atom stereocenters. The van der Waals surface area contributed by atoms with E-state index in [9.17, 15) is 23.2 Å². The number of morpholine rings is 1. The Morgan fingerprint density at radius 3 is 2.50 bits per heavy atom. The fourth-order valence-corrected chi connectivity index (χ4v) is 11.1. The molecule has 336 valence electrons. The van der Waals surface area contributed by atoms with Crippen LogP contribution < -0.4 is 20.8 Å². The van der Waals surface area contributed by atoms with Gasteiger partial charge in [-0.2, -0.15) is 10.2 Å². The second-order valence-corrected chi connectivity index (χ2v) is 18.4. The van der Waals surface area contributed by atoms with E-state index < -0.39 is 18.4 Å². The number of likely N-dealkylation sites (tertiary alicyclic amines) is 1. The molecule has 18 nitrogen and oxygen atoms in total. The first-order chi connectivity index (χ1) is 31.1. The summed E-state index contributed by atoms with van der Waals surface area (Å²) in [6.45, 7) is 7.69. The highest BCUT2D eigenvalue weighted by Gasteiger charge is 2.42. The highest BCUT2D eigenvalue weighted by Crippen LogP contribution is 2.44. The van der Waals surface area contributed by atoms with Crippen molar-refractivity contribution in [3.63, 3.8) is 0 Å². The van der Waals surface area contributed by atoms with Crippen LogP contribution in [0, 0.1) is 11.3 Å². The maximum atomic E-state index is 14.5. The molecule has 64 heavy (non-hydrogen) atoms. The van der Waals surface area contributed by atoms with Gasteiger partial charge in [-0.3, -0.25) is 28.7 Å². The van der Waals surface area contributed by atoms with E-state index in [4.69, 9.17) is 9.72 Å². The molecule has 11 rings (SSSR count). The fraction of sp³-hybridized carbons (Fsp3) is 0.545. The van der Waals surface area contributed by atoms with E-state index in [1.54, 1.807) is 44.0 Å². The molecule has 5 aromatic heterocycles. The molecule has 5 fully saturated rings. The van der Waals surface area contributed by atoms with Gasteiger partial charge in [-0.15, -0.1) is 5.10 Å². The molecule has 1 atom stereocenters. The molecule has 9 heterocycles. The fourth-order valence-electron chi connectivity index (χ4n) is 11.1. The van der Waals surface area contributed by atoms with Crippen molar-refractivity contribution >= 4 is 40.0 Å². The Labute approximate surface area is 366 Å². The number of imide groups is 1. The first-order valence-corrected chi connectivity index (χ1v) is 22.6. The number of halogens is 2. The Balaban J connectivity index is 0.713. The topological polar surface area (TPSA) is 171 Å². The number of carbonyl (C=O) groups excluding carboxylic acids is 2. The second kappa shape index (κ2) is 16.2. The van der Waals surface area contributed by atoms with Gasteiger partial charge in [0.05, 0.1) is 60.1 Å². The van der Waals surface area contributed by atoms with Gasteiger partial charge in [-0.05, 0) is 87.4 Å². The highest BCUT2D eigenvalue weighted by atomic mass is 19.3. The van der Waals surface area contributed by atoms with E-state index in [1.807, 2.05) is 24.4 Å². The molecule has 4 aliphatic heterocycles. The number of alkyl halides is 2. The van der Waals surface area contributed by atoms with E-state index in [0.717, 1.165) is 108 Å². The summed E-state index contributed by atoms with van der Waals surface area (Å²) in [5.74, 6) is 0.611. The molecule has 0 bridgehead atoms. The van der Waals surface area contributed by atoms with E-state index in [1.165, 1.54) is 4.68 Å². The summed E-state index contributed by atoms with van der Waals surface area (Å²) in [6, 6.07) is 7.14. The highest BCUT2D eigenvalue weighted by molar-refractivity contribution is 6.00. The van der Waals surface area contributed by atoms with Gasteiger partial charge in [0.2, 0.25) is 11.8 Å². The molecule has 5 aliphatic rings. The molecule has 20 heteroatoms. The Bertz CT molecular complexity index is 2790. The van der Waals surface area contributed by atoms with E-state index >= 15 is 0 Å². The summed E-state index contributed by atoms with van der Waals surface area (Å²) in [4.78, 5) is 50.2. The Kier molecular flexibility index (Phi) is 10.3. The molecule has 2 amide bonds. The van der Waals surface area contributed by atoms with Crippen molar-refractivity contribution in [2.75, 3.05) is 68.8 Å². The Morgan fingerprint density at radius 2 is 1.72 bits per heavy atom. The molecule has 1 spiro atoms. The minimum absolute atomic E-state index is 0.0204. The number of ether oxygens (including phenoxy) is 1. The predicted octanol–water partition coefficient (Wildman–Crippen LogP) is 4.30. The number of benzene rings is 1. The average molecular weight is 879 g/mol. The van der Waals surface area contributed by atoms with Gasteiger partial charge < -0.3 is 19.4 Å². The maximum Gasteiger partial charge on any atom is 0.329 e. The number of rotatable bonds is 9. The van der Waals surface area contributed by atoms with E-state index in [0.29, 0.717) is 48.0 Å². The minimum atomic E-state index is -2.78. The number of carbonyl (C=O) groups is 2. The number of para-hydroxylation sites is 1. The van der Waals surface area contributed by atoms with Crippen molar-refractivity contribution in [3.05, 3.63) is 65.2 Å². The summed E-state index contributed by atoms with van der Waals surface area (Å²) in [5, 5.41) is 19.9. The van der Waals surface area contributed by atoms with Crippen LogP contribution in [0.1, 0.15) is 82.0 Å². The van der Waals surface area contributed by atoms with Crippen molar-refractivity contribution < 1.29 is 23.1 Å². The van der Waals surface area contributed by atoms with Gasteiger partial charge >= 0.3 is 5.69 Å². The lowest BCUT2D eigenvalue weighted by Gasteiger charge is -2.41. The van der Waals surface area contributed by atoms with E-state index in [2.05, 4.69) is 46.6 Å². The predicted molar refractivity (Wildman–Crippen MR) is 232 cm³/mol. The summed E-state index contributed by atoms with van der Waals surface area (Å²) in [7, 11) is 1.76. The largest absolute Gasteiger partial charge is 0.378 e. The van der Waals surface area contributed by atoms with Gasteiger partial charge in [0.25, 0.3) is 6.43 Å². The van der Waals surface area contributed by atoms with Crippen LogP contribution in [0.5, 0.6) is 0 Å². The van der Waals surface area contributed by atoms with Gasteiger partial charge in [-0.1, -0.05) is 11.3 Å². The number of fused-ring (bicyclic) bond motifs is 2. The number of piperidine rings is 2. The zero-order chi connectivity index (χ0) is 43.7. The number of imidazole rings is 1. The van der Waals surface area contributed by atoms with Crippen LogP contribution in [-0.4, -0.2) is 124 Å². The van der Waals surface area contributed by atoms with Crippen LogP contribution in [0.15, 0.2) is 53.8 Å². The monoisotopic (exact) mass is 878 g/mol. The minimum Gasteiger partial charge on any atom is -0.378 e. The normalized spacial score (nSPS) is 23.3. The molecule has 1 aromatic carbocycles. The number of nitrogens with one attached hydrogen (secondary N) is 1. The van der Waals surface area contributed by atoms with Gasteiger partial charge in [-0.25, -0.2) is 27.8 Å².